The predicted molar refractivity (Wildman–Crippen MR) is 51.9 cm³/mol. The zero-order valence-corrected chi connectivity index (χ0v) is 9.54. The van der Waals surface area contributed by atoms with Crippen LogP contribution in [0.4, 0.5) is 0 Å². The monoisotopic (exact) mass is 262 g/mol. The highest BCUT2D eigenvalue weighted by atomic mass is 79.9. The Morgan fingerprint density at radius 3 is 2.36 bits per heavy atom. The minimum Gasteiger partial charge on any atom is -0.212 e. The molecule has 1 unspecified atom stereocenters. The van der Waals surface area contributed by atoms with Crippen molar-refractivity contribution in [2.45, 2.75) is 31.0 Å². The molecule has 0 aromatic heterocycles. The fraction of sp³-hybridized carbons (Fsp3) is 1.00. The summed E-state index contributed by atoms with van der Waals surface area (Å²) in [5, 5.41) is 0. The van der Waals surface area contributed by atoms with Gasteiger partial charge in [-0.25, -0.2) is 8.42 Å². The molecule has 0 N–H and O–H groups in total. The average Bonchev–Trinajstić information content (AvgIpc) is 1.78. The molecule has 0 rings (SSSR count). The van der Waals surface area contributed by atoms with Gasteiger partial charge in [0, 0.05) is 15.5 Å². The van der Waals surface area contributed by atoms with Gasteiger partial charge < -0.3 is 0 Å². The van der Waals surface area contributed by atoms with Gasteiger partial charge in [0.25, 0.3) is 0 Å². The van der Waals surface area contributed by atoms with Crippen LogP contribution in [0.15, 0.2) is 0 Å². The van der Waals surface area contributed by atoms with Crippen molar-refractivity contribution in [3.05, 3.63) is 0 Å². The molecular formula is C6H12BrClO2S. The van der Waals surface area contributed by atoms with E-state index in [1.165, 1.54) is 0 Å². The predicted octanol–water partition coefficient (Wildman–Crippen LogP) is 2.51. The van der Waals surface area contributed by atoms with Crippen LogP contribution in [0.5, 0.6) is 0 Å². The van der Waals surface area contributed by atoms with Crippen molar-refractivity contribution in [2.75, 3.05) is 5.75 Å². The van der Waals surface area contributed by atoms with Crippen molar-refractivity contribution in [1.82, 2.24) is 0 Å². The molecule has 11 heavy (non-hydrogen) atoms. The lowest BCUT2D eigenvalue weighted by Gasteiger charge is -2.00. The fourth-order valence-corrected chi connectivity index (χ4v) is 1.90. The van der Waals surface area contributed by atoms with Gasteiger partial charge in [-0.1, -0.05) is 29.3 Å². The van der Waals surface area contributed by atoms with E-state index < -0.39 is 9.05 Å². The maximum Gasteiger partial charge on any atom is 0.232 e. The Bertz CT molecular complexity index is 189. The molecule has 0 aromatic carbocycles. The Morgan fingerprint density at radius 2 is 2.00 bits per heavy atom. The number of unbranched alkanes of at least 4 members (excludes halogenated alkanes) is 1. The summed E-state index contributed by atoms with van der Waals surface area (Å²) in [5.41, 5.74) is 0. The third-order valence-corrected chi connectivity index (χ3v) is 2.94. The summed E-state index contributed by atoms with van der Waals surface area (Å²) in [4.78, 5) is 0.459. The largest absolute Gasteiger partial charge is 0.232 e. The van der Waals surface area contributed by atoms with Crippen LogP contribution in [0.2, 0.25) is 0 Å². The van der Waals surface area contributed by atoms with Gasteiger partial charge >= 0.3 is 0 Å². The highest BCUT2D eigenvalue weighted by Crippen LogP contribution is 2.10. The molecule has 0 saturated heterocycles. The number of rotatable bonds is 5. The van der Waals surface area contributed by atoms with Crippen molar-refractivity contribution < 1.29 is 8.42 Å². The Balaban J connectivity index is 3.30. The Hall–Kier alpha value is 0.720. The van der Waals surface area contributed by atoms with Gasteiger partial charge in [0.1, 0.15) is 0 Å². The standard InChI is InChI=1S/C6H12BrClO2S/c1-6(7)4-2-3-5-11(8,9)10/h6H,2-5H2,1H3. The first-order valence-electron chi connectivity index (χ1n) is 3.48. The molecule has 1 atom stereocenters. The van der Waals surface area contributed by atoms with Gasteiger partial charge in [-0.2, -0.15) is 0 Å². The Morgan fingerprint density at radius 1 is 1.45 bits per heavy atom. The number of halogens is 2. The lowest BCUT2D eigenvalue weighted by molar-refractivity contribution is 0.603. The highest BCUT2D eigenvalue weighted by molar-refractivity contribution is 9.09. The van der Waals surface area contributed by atoms with E-state index in [1.54, 1.807) is 0 Å². The SMILES string of the molecule is CC(Br)CCCCS(=O)(=O)Cl. The van der Waals surface area contributed by atoms with E-state index in [1.807, 2.05) is 6.92 Å². The first kappa shape index (κ1) is 11.7. The number of alkyl halides is 1. The quantitative estimate of drug-likeness (QED) is 0.434. The zero-order chi connectivity index (χ0) is 8.91. The van der Waals surface area contributed by atoms with Crippen LogP contribution < -0.4 is 0 Å². The minimum absolute atomic E-state index is 0.0915. The van der Waals surface area contributed by atoms with Crippen molar-refractivity contribution in [2.24, 2.45) is 0 Å². The van der Waals surface area contributed by atoms with Gasteiger partial charge in [-0.15, -0.1) is 0 Å². The molecule has 0 bridgehead atoms. The number of hydrogen-bond donors (Lipinski definition) is 0. The van der Waals surface area contributed by atoms with Crippen molar-refractivity contribution in [3.8, 4) is 0 Å². The summed E-state index contributed by atoms with van der Waals surface area (Å²) in [6.07, 6.45) is 2.55. The molecule has 0 aliphatic heterocycles. The third kappa shape index (κ3) is 10.7. The van der Waals surface area contributed by atoms with Crippen molar-refractivity contribution >= 4 is 35.7 Å². The third-order valence-electron chi connectivity index (χ3n) is 1.24. The number of hydrogen-bond acceptors (Lipinski definition) is 2. The molecule has 0 aliphatic carbocycles. The molecule has 5 heteroatoms. The fourth-order valence-electron chi connectivity index (χ4n) is 0.700. The van der Waals surface area contributed by atoms with Crippen LogP contribution in [0, 0.1) is 0 Å². The van der Waals surface area contributed by atoms with Crippen molar-refractivity contribution in [1.29, 1.82) is 0 Å². The molecule has 0 amide bonds. The molecule has 0 radical (unpaired) electrons. The summed E-state index contributed by atoms with van der Waals surface area (Å²) in [6, 6.07) is 0. The summed E-state index contributed by atoms with van der Waals surface area (Å²) >= 11 is 3.37. The van der Waals surface area contributed by atoms with Crippen LogP contribution in [-0.4, -0.2) is 19.0 Å². The molecule has 0 aliphatic rings. The Kier molecular flexibility index (Phi) is 5.73. The summed E-state index contributed by atoms with van der Waals surface area (Å²) in [7, 11) is 1.74. The average molecular weight is 264 g/mol. The first-order chi connectivity index (χ1) is 4.92. The van der Waals surface area contributed by atoms with E-state index in [0.29, 0.717) is 11.2 Å². The lowest BCUT2D eigenvalue weighted by Crippen LogP contribution is -1.98. The van der Waals surface area contributed by atoms with E-state index in [0.717, 1.165) is 12.8 Å². The zero-order valence-electron chi connectivity index (χ0n) is 6.39. The van der Waals surface area contributed by atoms with Crippen LogP contribution in [-0.2, 0) is 9.05 Å². The van der Waals surface area contributed by atoms with E-state index in [-0.39, 0.29) is 5.75 Å². The second-order valence-corrected chi connectivity index (χ2v) is 6.98. The molecule has 0 fully saturated rings. The molecule has 0 heterocycles. The summed E-state index contributed by atoms with van der Waals surface area (Å²) in [6.45, 7) is 2.04. The van der Waals surface area contributed by atoms with E-state index in [9.17, 15) is 8.42 Å². The highest BCUT2D eigenvalue weighted by Gasteiger charge is 2.04. The van der Waals surface area contributed by atoms with Gasteiger partial charge in [0.15, 0.2) is 0 Å². The van der Waals surface area contributed by atoms with Crippen LogP contribution >= 0.6 is 26.6 Å². The minimum atomic E-state index is -3.27. The maximum atomic E-state index is 10.4. The van der Waals surface area contributed by atoms with E-state index in [4.69, 9.17) is 10.7 Å². The van der Waals surface area contributed by atoms with Crippen LogP contribution in [0.3, 0.4) is 0 Å². The molecule has 0 saturated carbocycles. The summed E-state index contributed by atoms with van der Waals surface area (Å²) < 4.78 is 20.9. The van der Waals surface area contributed by atoms with Gasteiger partial charge in [-0.05, 0) is 12.8 Å². The smallest absolute Gasteiger partial charge is 0.212 e. The van der Waals surface area contributed by atoms with Gasteiger partial charge in [0.2, 0.25) is 9.05 Å². The van der Waals surface area contributed by atoms with E-state index >= 15 is 0 Å². The Labute approximate surface area is 80.9 Å². The molecular weight excluding hydrogens is 251 g/mol. The lowest BCUT2D eigenvalue weighted by atomic mass is 10.2. The second kappa shape index (κ2) is 5.38. The van der Waals surface area contributed by atoms with Crippen molar-refractivity contribution in [3.63, 3.8) is 0 Å². The second-order valence-electron chi connectivity index (χ2n) is 2.52. The first-order valence-corrected chi connectivity index (χ1v) is 6.87. The topological polar surface area (TPSA) is 34.1 Å². The van der Waals surface area contributed by atoms with Crippen LogP contribution in [0.25, 0.3) is 0 Å². The van der Waals surface area contributed by atoms with Gasteiger partial charge in [-0.3, -0.25) is 0 Å². The summed E-state index contributed by atoms with van der Waals surface area (Å²) in [5.74, 6) is 0.0915. The molecule has 68 valence electrons. The maximum absolute atomic E-state index is 10.4. The van der Waals surface area contributed by atoms with Crippen LogP contribution in [0.1, 0.15) is 26.2 Å². The molecule has 0 aromatic rings. The molecule has 0 spiro atoms. The van der Waals surface area contributed by atoms with Gasteiger partial charge in [0.05, 0.1) is 5.75 Å². The van der Waals surface area contributed by atoms with E-state index in [2.05, 4.69) is 15.9 Å². The molecule has 2 nitrogen and oxygen atoms in total. The normalized spacial score (nSPS) is 14.8.